The normalized spacial score (nSPS) is 19.7. The number of rotatable bonds is 4. The van der Waals surface area contributed by atoms with E-state index in [0.717, 1.165) is 57.0 Å². The van der Waals surface area contributed by atoms with Crippen LogP contribution in [-0.4, -0.2) is 61.2 Å². The highest BCUT2D eigenvalue weighted by molar-refractivity contribution is 5.44. The van der Waals surface area contributed by atoms with E-state index in [1.807, 2.05) is 6.20 Å². The molecule has 0 radical (unpaired) electrons. The second kappa shape index (κ2) is 8.04. The van der Waals surface area contributed by atoms with Gasteiger partial charge in [0.25, 0.3) is 0 Å². The summed E-state index contributed by atoms with van der Waals surface area (Å²) in [4.78, 5) is 16.6. The molecule has 0 aliphatic carbocycles. The van der Waals surface area contributed by atoms with Crippen molar-refractivity contribution >= 4 is 11.8 Å². The molecule has 0 atom stereocenters. The largest absolute Gasteiger partial charge is 0.354 e. The van der Waals surface area contributed by atoms with Crippen LogP contribution in [0.5, 0.6) is 0 Å². The number of likely N-dealkylation sites (N-methyl/N-ethyl adjacent to an activating group) is 1. The van der Waals surface area contributed by atoms with Crippen molar-refractivity contribution in [1.29, 1.82) is 0 Å². The van der Waals surface area contributed by atoms with Crippen molar-refractivity contribution in [2.75, 3.05) is 56.1 Å². The summed E-state index contributed by atoms with van der Waals surface area (Å²) in [6.45, 7) is 6.42. The number of piperidine rings is 1. The summed E-state index contributed by atoms with van der Waals surface area (Å²) in [5.41, 5.74) is 1.46. The molecule has 3 heterocycles. The Morgan fingerprint density at radius 3 is 2.35 bits per heavy atom. The number of piperazine rings is 1. The summed E-state index contributed by atoms with van der Waals surface area (Å²) in [5, 5.41) is 0. The van der Waals surface area contributed by atoms with Gasteiger partial charge in [0.1, 0.15) is 5.82 Å². The molecule has 1 aromatic heterocycles. The molecular weight excluding hydrogens is 322 g/mol. The Labute approximate surface area is 156 Å². The van der Waals surface area contributed by atoms with E-state index in [0.29, 0.717) is 0 Å². The Bertz CT molecular complexity index is 689. The minimum absolute atomic E-state index is 0.773. The van der Waals surface area contributed by atoms with Gasteiger partial charge in [-0.25, -0.2) is 4.98 Å². The van der Waals surface area contributed by atoms with Gasteiger partial charge in [0.2, 0.25) is 5.95 Å². The summed E-state index contributed by atoms with van der Waals surface area (Å²) in [7, 11) is 2.18. The number of nitrogens with zero attached hydrogens (tertiary/aromatic N) is 5. The minimum atomic E-state index is 0.773. The lowest BCUT2D eigenvalue weighted by atomic mass is 9.90. The van der Waals surface area contributed by atoms with Crippen LogP contribution >= 0.6 is 0 Å². The highest BCUT2D eigenvalue weighted by Crippen LogP contribution is 2.25. The molecule has 138 valence electrons. The molecule has 0 spiro atoms. The van der Waals surface area contributed by atoms with Crippen LogP contribution in [-0.2, 0) is 6.42 Å². The van der Waals surface area contributed by atoms with Gasteiger partial charge in [-0.3, -0.25) is 0 Å². The minimum Gasteiger partial charge on any atom is -0.354 e. The first-order valence-electron chi connectivity index (χ1n) is 9.83. The first kappa shape index (κ1) is 17.3. The van der Waals surface area contributed by atoms with Crippen molar-refractivity contribution in [3.8, 4) is 0 Å². The monoisotopic (exact) mass is 351 g/mol. The van der Waals surface area contributed by atoms with Crippen molar-refractivity contribution in [1.82, 2.24) is 14.9 Å². The predicted molar refractivity (Wildman–Crippen MR) is 107 cm³/mol. The van der Waals surface area contributed by atoms with Crippen LogP contribution in [0, 0.1) is 5.92 Å². The molecule has 2 aliphatic rings. The van der Waals surface area contributed by atoms with Gasteiger partial charge in [0.05, 0.1) is 0 Å². The van der Waals surface area contributed by atoms with E-state index in [9.17, 15) is 0 Å². The van der Waals surface area contributed by atoms with E-state index in [-0.39, 0.29) is 0 Å². The highest BCUT2D eigenvalue weighted by atomic mass is 15.3. The molecule has 0 N–H and O–H groups in total. The molecular formula is C21H29N5. The highest BCUT2D eigenvalue weighted by Gasteiger charge is 2.22. The van der Waals surface area contributed by atoms with Gasteiger partial charge < -0.3 is 14.7 Å². The molecule has 5 nitrogen and oxygen atoms in total. The van der Waals surface area contributed by atoms with Crippen LogP contribution < -0.4 is 9.80 Å². The summed E-state index contributed by atoms with van der Waals surface area (Å²) < 4.78 is 0. The standard InChI is InChI=1S/C21H29N5/c1-24-13-15-25(16-14-24)20-7-10-22-21(23-20)26-11-8-19(9-12-26)17-18-5-3-2-4-6-18/h2-7,10,19H,8-9,11-17H2,1H3. The van der Waals surface area contributed by atoms with E-state index in [4.69, 9.17) is 4.98 Å². The van der Waals surface area contributed by atoms with Crippen LogP contribution in [0.1, 0.15) is 18.4 Å². The molecule has 2 aliphatic heterocycles. The maximum absolute atomic E-state index is 4.88. The molecule has 0 amide bonds. The summed E-state index contributed by atoms with van der Waals surface area (Å²) in [5.74, 6) is 2.75. The van der Waals surface area contributed by atoms with Crippen LogP contribution in [0.15, 0.2) is 42.6 Å². The van der Waals surface area contributed by atoms with Crippen molar-refractivity contribution < 1.29 is 0 Å². The Kier molecular flexibility index (Phi) is 5.34. The smallest absolute Gasteiger partial charge is 0.227 e. The SMILES string of the molecule is CN1CCN(c2ccnc(N3CCC(Cc4ccccc4)CC3)n2)CC1. The zero-order chi connectivity index (χ0) is 17.8. The third kappa shape index (κ3) is 4.15. The molecule has 26 heavy (non-hydrogen) atoms. The number of hydrogen-bond acceptors (Lipinski definition) is 5. The van der Waals surface area contributed by atoms with E-state index in [1.165, 1.54) is 24.8 Å². The third-order valence-corrected chi connectivity index (χ3v) is 5.72. The number of anilines is 2. The lowest BCUT2D eigenvalue weighted by Gasteiger charge is -2.35. The predicted octanol–water partition coefficient (Wildman–Crippen LogP) is 2.69. The topological polar surface area (TPSA) is 35.5 Å². The summed E-state index contributed by atoms with van der Waals surface area (Å²) >= 11 is 0. The molecule has 0 saturated carbocycles. The van der Waals surface area contributed by atoms with Gasteiger partial charge in [-0.15, -0.1) is 0 Å². The fourth-order valence-corrected chi connectivity index (χ4v) is 3.99. The Hall–Kier alpha value is -2.14. The fraction of sp³-hybridized carbons (Fsp3) is 0.524. The quantitative estimate of drug-likeness (QED) is 0.846. The maximum Gasteiger partial charge on any atom is 0.227 e. The van der Waals surface area contributed by atoms with Crippen LogP contribution in [0.25, 0.3) is 0 Å². The number of benzene rings is 1. The summed E-state index contributed by atoms with van der Waals surface area (Å²) in [6.07, 6.45) is 5.55. The number of aromatic nitrogens is 2. The van der Waals surface area contributed by atoms with Crippen LogP contribution in [0.4, 0.5) is 11.8 Å². The van der Waals surface area contributed by atoms with Gasteiger partial charge in [-0.05, 0) is 43.9 Å². The molecule has 0 bridgehead atoms. The zero-order valence-corrected chi connectivity index (χ0v) is 15.7. The Morgan fingerprint density at radius 2 is 1.62 bits per heavy atom. The van der Waals surface area contributed by atoms with E-state index >= 15 is 0 Å². The summed E-state index contributed by atoms with van der Waals surface area (Å²) in [6, 6.07) is 12.9. The third-order valence-electron chi connectivity index (χ3n) is 5.72. The molecule has 2 aromatic rings. The molecule has 2 fully saturated rings. The average molecular weight is 351 g/mol. The van der Waals surface area contributed by atoms with Crippen molar-refractivity contribution in [2.45, 2.75) is 19.3 Å². The van der Waals surface area contributed by atoms with Crippen LogP contribution in [0.2, 0.25) is 0 Å². The fourth-order valence-electron chi connectivity index (χ4n) is 3.99. The molecule has 4 rings (SSSR count). The van der Waals surface area contributed by atoms with Gasteiger partial charge in [0, 0.05) is 45.5 Å². The average Bonchev–Trinajstić information content (AvgIpc) is 2.70. The molecule has 5 heteroatoms. The molecule has 1 aromatic carbocycles. The van der Waals surface area contributed by atoms with Crippen LogP contribution in [0.3, 0.4) is 0 Å². The Morgan fingerprint density at radius 1 is 0.885 bits per heavy atom. The zero-order valence-electron chi connectivity index (χ0n) is 15.7. The van der Waals surface area contributed by atoms with E-state index in [2.05, 4.69) is 63.1 Å². The van der Waals surface area contributed by atoms with Gasteiger partial charge in [0.15, 0.2) is 0 Å². The van der Waals surface area contributed by atoms with Gasteiger partial charge in [-0.2, -0.15) is 4.98 Å². The van der Waals surface area contributed by atoms with E-state index in [1.54, 1.807) is 0 Å². The van der Waals surface area contributed by atoms with Gasteiger partial charge >= 0.3 is 0 Å². The van der Waals surface area contributed by atoms with Crippen molar-refractivity contribution in [3.63, 3.8) is 0 Å². The second-order valence-corrected chi connectivity index (χ2v) is 7.63. The van der Waals surface area contributed by atoms with E-state index < -0.39 is 0 Å². The maximum atomic E-state index is 4.88. The van der Waals surface area contributed by atoms with Crippen molar-refractivity contribution in [3.05, 3.63) is 48.2 Å². The van der Waals surface area contributed by atoms with Gasteiger partial charge in [-0.1, -0.05) is 30.3 Å². The number of hydrogen-bond donors (Lipinski definition) is 0. The second-order valence-electron chi connectivity index (χ2n) is 7.63. The first-order chi connectivity index (χ1) is 12.8. The van der Waals surface area contributed by atoms with Crippen molar-refractivity contribution in [2.24, 2.45) is 5.92 Å². The lowest BCUT2D eigenvalue weighted by Crippen LogP contribution is -2.45. The lowest BCUT2D eigenvalue weighted by molar-refractivity contribution is 0.312. The Balaban J connectivity index is 1.35. The molecule has 2 saturated heterocycles. The molecule has 0 unspecified atom stereocenters. The first-order valence-corrected chi connectivity index (χ1v) is 9.83.